The monoisotopic (exact) mass is 279 g/mol. The van der Waals surface area contributed by atoms with Gasteiger partial charge in [0.2, 0.25) is 0 Å². The summed E-state index contributed by atoms with van der Waals surface area (Å²) in [6.07, 6.45) is 0.121. The van der Waals surface area contributed by atoms with E-state index in [4.69, 9.17) is 28.5 Å². The zero-order valence-electron chi connectivity index (χ0n) is 9.25. The predicted molar refractivity (Wildman–Crippen MR) is 71.2 cm³/mol. The number of hydrogen-bond acceptors (Lipinski definition) is 1. The lowest BCUT2D eigenvalue weighted by molar-refractivity contribution is 0.626. The quantitative estimate of drug-likeness (QED) is 0.770. The van der Waals surface area contributed by atoms with E-state index in [2.05, 4.69) is 0 Å². The van der Waals surface area contributed by atoms with E-state index in [0.29, 0.717) is 21.2 Å². The fraction of sp³-hybridized carbons (Fsp3) is 0.0714. The molecule has 2 aromatic rings. The Kier molecular flexibility index (Phi) is 3.86. The van der Waals surface area contributed by atoms with Crippen LogP contribution in [0.4, 0.5) is 4.39 Å². The second-order valence-corrected chi connectivity index (χ2v) is 4.52. The third-order valence-corrected chi connectivity index (χ3v) is 3.40. The normalized spacial score (nSPS) is 10.1. The average molecular weight is 280 g/mol. The van der Waals surface area contributed by atoms with Crippen LogP contribution in [0.25, 0.3) is 11.1 Å². The van der Waals surface area contributed by atoms with Crippen molar-refractivity contribution >= 4 is 23.2 Å². The molecule has 0 fully saturated rings. The van der Waals surface area contributed by atoms with E-state index in [1.165, 1.54) is 12.1 Å². The molecule has 2 aromatic carbocycles. The minimum Gasteiger partial charge on any atom is -0.207 e. The summed E-state index contributed by atoms with van der Waals surface area (Å²) in [5.41, 5.74) is 2.03. The van der Waals surface area contributed by atoms with Crippen LogP contribution in [0, 0.1) is 17.1 Å². The lowest BCUT2D eigenvalue weighted by atomic mass is 9.98. The zero-order valence-corrected chi connectivity index (χ0v) is 10.8. The molecule has 0 unspecified atom stereocenters. The topological polar surface area (TPSA) is 23.8 Å². The smallest absolute Gasteiger partial charge is 0.123 e. The summed E-state index contributed by atoms with van der Waals surface area (Å²) in [6.45, 7) is 0. The van der Waals surface area contributed by atoms with Gasteiger partial charge in [-0.2, -0.15) is 5.26 Å². The van der Waals surface area contributed by atoms with Crippen LogP contribution < -0.4 is 0 Å². The van der Waals surface area contributed by atoms with Gasteiger partial charge in [-0.3, -0.25) is 0 Å². The van der Waals surface area contributed by atoms with Crippen LogP contribution in [0.3, 0.4) is 0 Å². The standard InChI is InChI=1S/C14H8Cl2FN/c15-13-3-1-2-12(14(13)16)11-5-4-10(17)8-9(11)6-7-18/h1-5,8H,6H2. The number of benzene rings is 2. The van der Waals surface area contributed by atoms with Crippen molar-refractivity contribution < 1.29 is 4.39 Å². The Bertz CT molecular complexity index is 632. The van der Waals surface area contributed by atoms with Crippen LogP contribution in [0.2, 0.25) is 10.0 Å². The molecule has 0 amide bonds. The van der Waals surface area contributed by atoms with Gasteiger partial charge >= 0.3 is 0 Å². The van der Waals surface area contributed by atoms with Crippen molar-refractivity contribution in [1.82, 2.24) is 0 Å². The molecular formula is C14H8Cl2FN. The summed E-state index contributed by atoms with van der Waals surface area (Å²) in [7, 11) is 0. The molecule has 0 saturated carbocycles. The zero-order chi connectivity index (χ0) is 13.1. The molecule has 0 radical (unpaired) electrons. The second kappa shape index (κ2) is 5.39. The molecule has 0 N–H and O–H groups in total. The van der Waals surface area contributed by atoms with Gasteiger partial charge in [0, 0.05) is 5.56 Å². The van der Waals surface area contributed by atoms with Crippen molar-refractivity contribution in [3.05, 3.63) is 57.8 Å². The highest BCUT2D eigenvalue weighted by molar-refractivity contribution is 6.43. The van der Waals surface area contributed by atoms with Gasteiger partial charge in [-0.1, -0.05) is 41.4 Å². The number of hydrogen-bond donors (Lipinski definition) is 0. The molecule has 0 atom stereocenters. The van der Waals surface area contributed by atoms with Gasteiger partial charge in [0.05, 0.1) is 22.5 Å². The van der Waals surface area contributed by atoms with Crippen LogP contribution in [-0.2, 0) is 6.42 Å². The van der Waals surface area contributed by atoms with Gasteiger partial charge < -0.3 is 0 Å². The molecule has 0 bridgehead atoms. The maximum atomic E-state index is 13.2. The number of nitrogens with zero attached hydrogens (tertiary/aromatic N) is 1. The Morgan fingerprint density at radius 2 is 1.89 bits per heavy atom. The third-order valence-electron chi connectivity index (χ3n) is 2.58. The Morgan fingerprint density at radius 1 is 1.11 bits per heavy atom. The van der Waals surface area contributed by atoms with Crippen molar-refractivity contribution in [2.24, 2.45) is 0 Å². The third kappa shape index (κ3) is 2.48. The highest BCUT2D eigenvalue weighted by atomic mass is 35.5. The fourth-order valence-corrected chi connectivity index (χ4v) is 2.17. The van der Waals surface area contributed by atoms with Gasteiger partial charge in [0.15, 0.2) is 0 Å². The minimum absolute atomic E-state index is 0.121. The first-order valence-electron chi connectivity index (χ1n) is 5.23. The van der Waals surface area contributed by atoms with Gasteiger partial charge in [-0.15, -0.1) is 0 Å². The Balaban J connectivity index is 2.64. The largest absolute Gasteiger partial charge is 0.207 e. The van der Waals surface area contributed by atoms with Crippen LogP contribution >= 0.6 is 23.2 Å². The minimum atomic E-state index is -0.373. The van der Waals surface area contributed by atoms with E-state index in [0.717, 1.165) is 5.56 Å². The molecule has 0 saturated heterocycles. The first-order valence-corrected chi connectivity index (χ1v) is 5.99. The summed E-state index contributed by atoms with van der Waals surface area (Å²) in [5, 5.41) is 9.61. The summed E-state index contributed by atoms with van der Waals surface area (Å²) >= 11 is 12.1. The van der Waals surface area contributed by atoms with E-state index in [-0.39, 0.29) is 12.2 Å². The highest BCUT2D eigenvalue weighted by Gasteiger charge is 2.11. The Hall–Kier alpha value is -1.56. The van der Waals surface area contributed by atoms with Gasteiger partial charge in [0.1, 0.15) is 5.82 Å². The van der Waals surface area contributed by atoms with Crippen molar-refractivity contribution in [3.8, 4) is 17.2 Å². The molecule has 90 valence electrons. The fourth-order valence-electron chi connectivity index (χ4n) is 1.77. The van der Waals surface area contributed by atoms with Crippen LogP contribution in [-0.4, -0.2) is 0 Å². The maximum Gasteiger partial charge on any atom is 0.123 e. The number of nitriles is 1. The molecule has 2 rings (SSSR count). The lowest BCUT2D eigenvalue weighted by Crippen LogP contribution is -1.91. The van der Waals surface area contributed by atoms with Gasteiger partial charge in [-0.05, 0) is 29.3 Å². The van der Waals surface area contributed by atoms with Crippen molar-refractivity contribution in [1.29, 1.82) is 5.26 Å². The van der Waals surface area contributed by atoms with Gasteiger partial charge in [0.25, 0.3) is 0 Å². The average Bonchev–Trinajstić information content (AvgIpc) is 2.34. The molecule has 0 heterocycles. The first kappa shape index (κ1) is 12.9. The Morgan fingerprint density at radius 3 is 2.61 bits per heavy atom. The predicted octanol–water partition coefficient (Wildman–Crippen LogP) is 4.87. The van der Waals surface area contributed by atoms with Crippen LogP contribution in [0.15, 0.2) is 36.4 Å². The summed E-state index contributed by atoms with van der Waals surface area (Å²) < 4.78 is 13.2. The highest BCUT2D eigenvalue weighted by Crippen LogP contribution is 2.35. The molecule has 18 heavy (non-hydrogen) atoms. The molecule has 0 aromatic heterocycles. The van der Waals surface area contributed by atoms with Crippen molar-refractivity contribution in [3.63, 3.8) is 0 Å². The summed E-state index contributed by atoms with van der Waals surface area (Å²) in [4.78, 5) is 0. The molecule has 1 nitrogen and oxygen atoms in total. The van der Waals surface area contributed by atoms with Crippen molar-refractivity contribution in [2.45, 2.75) is 6.42 Å². The number of rotatable bonds is 2. The SMILES string of the molecule is N#CCc1cc(F)ccc1-c1cccc(Cl)c1Cl. The van der Waals surface area contributed by atoms with Gasteiger partial charge in [-0.25, -0.2) is 4.39 Å². The molecule has 0 aliphatic heterocycles. The maximum absolute atomic E-state index is 13.2. The van der Waals surface area contributed by atoms with Crippen LogP contribution in [0.1, 0.15) is 5.56 Å². The van der Waals surface area contributed by atoms with E-state index >= 15 is 0 Å². The molecule has 0 aliphatic rings. The van der Waals surface area contributed by atoms with Crippen molar-refractivity contribution in [2.75, 3.05) is 0 Å². The van der Waals surface area contributed by atoms with E-state index in [9.17, 15) is 4.39 Å². The number of halogens is 3. The van der Waals surface area contributed by atoms with Crippen LogP contribution in [0.5, 0.6) is 0 Å². The molecule has 4 heteroatoms. The molecule has 0 spiro atoms. The second-order valence-electron chi connectivity index (χ2n) is 3.74. The first-order chi connectivity index (χ1) is 8.63. The Labute approximate surface area is 114 Å². The van der Waals surface area contributed by atoms with E-state index < -0.39 is 0 Å². The lowest BCUT2D eigenvalue weighted by Gasteiger charge is -2.10. The molecule has 0 aliphatic carbocycles. The van der Waals surface area contributed by atoms with E-state index in [1.54, 1.807) is 24.3 Å². The summed E-state index contributed by atoms with van der Waals surface area (Å²) in [5.74, 6) is -0.373. The summed E-state index contributed by atoms with van der Waals surface area (Å²) in [6, 6.07) is 11.5. The van der Waals surface area contributed by atoms with E-state index in [1.807, 2.05) is 6.07 Å². The molecular weight excluding hydrogens is 272 g/mol.